The van der Waals surface area contributed by atoms with Crippen LogP contribution in [0.5, 0.6) is 0 Å². The van der Waals surface area contributed by atoms with Crippen LogP contribution in [0.2, 0.25) is 0 Å². The van der Waals surface area contributed by atoms with Gasteiger partial charge in [-0.3, -0.25) is 9.59 Å². The van der Waals surface area contributed by atoms with Crippen molar-refractivity contribution in [3.8, 4) is 0 Å². The highest BCUT2D eigenvalue weighted by atomic mass is 16.2. The summed E-state index contributed by atoms with van der Waals surface area (Å²) < 4.78 is 0. The van der Waals surface area contributed by atoms with Gasteiger partial charge < -0.3 is 10.2 Å². The lowest BCUT2D eigenvalue weighted by Crippen LogP contribution is -2.50. The zero-order valence-corrected chi connectivity index (χ0v) is 18.2. The van der Waals surface area contributed by atoms with Gasteiger partial charge in [-0.1, -0.05) is 74.0 Å². The van der Waals surface area contributed by atoms with Crippen molar-refractivity contribution in [2.45, 2.75) is 72.0 Å². The third-order valence-corrected chi connectivity index (χ3v) is 5.33. The van der Waals surface area contributed by atoms with Crippen LogP contribution in [-0.2, 0) is 22.6 Å². The normalized spacial score (nSPS) is 12.8. The Morgan fingerprint density at radius 2 is 1.59 bits per heavy atom. The first kappa shape index (κ1) is 22.7. The van der Waals surface area contributed by atoms with Gasteiger partial charge in [0.2, 0.25) is 11.8 Å². The van der Waals surface area contributed by atoms with Crippen molar-refractivity contribution in [2.24, 2.45) is 0 Å². The van der Waals surface area contributed by atoms with E-state index in [1.807, 2.05) is 82.3 Å². The van der Waals surface area contributed by atoms with E-state index in [0.717, 1.165) is 17.5 Å². The molecule has 2 amide bonds. The van der Waals surface area contributed by atoms with Crippen molar-refractivity contribution in [3.05, 3.63) is 71.3 Å². The summed E-state index contributed by atoms with van der Waals surface area (Å²) in [5.74, 6) is -0.0531. The molecule has 2 atom stereocenters. The predicted molar refractivity (Wildman–Crippen MR) is 118 cm³/mol. The third-order valence-electron chi connectivity index (χ3n) is 5.33. The Labute approximate surface area is 175 Å². The lowest BCUT2D eigenvalue weighted by molar-refractivity contribution is -0.141. The Morgan fingerprint density at radius 3 is 2.17 bits per heavy atom. The molecule has 0 aromatic heterocycles. The van der Waals surface area contributed by atoms with Crippen LogP contribution in [0, 0.1) is 6.92 Å². The maximum atomic E-state index is 13.2. The fourth-order valence-electron chi connectivity index (χ4n) is 3.29. The quantitative estimate of drug-likeness (QED) is 0.638. The number of carbonyl (C=O) groups excluding carboxylic acids is 2. The number of hydrogen-bond donors (Lipinski definition) is 1. The number of nitrogens with one attached hydrogen (secondary N) is 1. The largest absolute Gasteiger partial charge is 0.352 e. The summed E-state index contributed by atoms with van der Waals surface area (Å²) in [6.07, 6.45) is 2.52. The summed E-state index contributed by atoms with van der Waals surface area (Å²) in [6, 6.07) is 17.8. The highest BCUT2D eigenvalue weighted by molar-refractivity contribution is 5.87. The molecule has 0 aliphatic heterocycles. The molecule has 4 heteroatoms. The van der Waals surface area contributed by atoms with E-state index in [2.05, 4.69) is 5.32 Å². The Hall–Kier alpha value is -2.62. The van der Waals surface area contributed by atoms with Gasteiger partial charge in [0.1, 0.15) is 6.04 Å². The molecule has 0 fully saturated rings. The molecule has 0 aliphatic rings. The fourth-order valence-corrected chi connectivity index (χ4v) is 3.29. The summed E-state index contributed by atoms with van der Waals surface area (Å²) in [4.78, 5) is 27.9. The van der Waals surface area contributed by atoms with E-state index in [4.69, 9.17) is 0 Å². The molecule has 0 spiro atoms. The van der Waals surface area contributed by atoms with Crippen LogP contribution in [0.3, 0.4) is 0 Å². The number of nitrogens with zero attached hydrogens (tertiary/aromatic N) is 1. The van der Waals surface area contributed by atoms with E-state index >= 15 is 0 Å². The van der Waals surface area contributed by atoms with Gasteiger partial charge in [0.05, 0.1) is 0 Å². The fraction of sp³-hybridized carbons (Fsp3) is 0.440. The van der Waals surface area contributed by atoms with Crippen LogP contribution >= 0.6 is 0 Å². The lowest BCUT2D eigenvalue weighted by Gasteiger charge is -2.31. The number of rotatable bonds is 10. The third kappa shape index (κ3) is 7.04. The van der Waals surface area contributed by atoms with Crippen LogP contribution in [-0.4, -0.2) is 28.8 Å². The summed E-state index contributed by atoms with van der Waals surface area (Å²) >= 11 is 0. The maximum Gasteiger partial charge on any atom is 0.243 e. The first-order chi connectivity index (χ1) is 13.9. The minimum atomic E-state index is -0.464. The molecule has 0 aliphatic carbocycles. The van der Waals surface area contributed by atoms with Crippen molar-refractivity contribution in [3.63, 3.8) is 0 Å². The Kier molecular flexibility index (Phi) is 8.91. The second-order valence-electron chi connectivity index (χ2n) is 7.73. The minimum absolute atomic E-state index is 0.0144. The summed E-state index contributed by atoms with van der Waals surface area (Å²) in [6.45, 7) is 8.49. The van der Waals surface area contributed by atoms with E-state index in [1.165, 1.54) is 5.56 Å². The molecule has 4 nitrogen and oxygen atoms in total. The van der Waals surface area contributed by atoms with E-state index in [-0.39, 0.29) is 17.9 Å². The van der Waals surface area contributed by atoms with Crippen LogP contribution < -0.4 is 5.32 Å². The van der Waals surface area contributed by atoms with Gasteiger partial charge >= 0.3 is 0 Å². The number of carbonyl (C=O) groups is 2. The minimum Gasteiger partial charge on any atom is -0.352 e. The molecule has 0 radical (unpaired) electrons. The predicted octanol–water partition coefficient (Wildman–Crippen LogP) is 4.65. The Bertz CT molecular complexity index is 771. The number of amides is 2. The molecule has 29 heavy (non-hydrogen) atoms. The van der Waals surface area contributed by atoms with Gasteiger partial charge in [-0.05, 0) is 44.2 Å². The molecule has 0 heterocycles. The van der Waals surface area contributed by atoms with Crippen LogP contribution in [0.25, 0.3) is 0 Å². The molecule has 2 aromatic carbocycles. The molecule has 0 saturated heterocycles. The highest BCUT2D eigenvalue weighted by Gasteiger charge is 2.28. The zero-order chi connectivity index (χ0) is 21.2. The molecule has 0 saturated carbocycles. The van der Waals surface area contributed by atoms with Gasteiger partial charge in [-0.25, -0.2) is 0 Å². The van der Waals surface area contributed by atoms with Crippen molar-refractivity contribution < 1.29 is 9.59 Å². The van der Waals surface area contributed by atoms with Crippen molar-refractivity contribution in [1.29, 1.82) is 0 Å². The Balaban J connectivity index is 2.19. The Morgan fingerprint density at radius 1 is 0.931 bits per heavy atom. The number of aryl methyl sites for hydroxylation is 2. The van der Waals surface area contributed by atoms with Crippen molar-refractivity contribution >= 4 is 11.8 Å². The molecule has 1 N–H and O–H groups in total. The van der Waals surface area contributed by atoms with Gasteiger partial charge in [-0.2, -0.15) is 0 Å². The van der Waals surface area contributed by atoms with Crippen LogP contribution in [0.1, 0.15) is 56.7 Å². The monoisotopic (exact) mass is 394 g/mol. The van der Waals surface area contributed by atoms with Crippen LogP contribution in [0.4, 0.5) is 0 Å². The molecular formula is C25H34N2O2. The van der Waals surface area contributed by atoms with E-state index in [9.17, 15) is 9.59 Å². The SMILES string of the molecule is CC[C@H](C(=O)N[C@@H](C)CC)N(Cc1ccc(C)cc1)C(=O)CCc1ccccc1. The van der Waals surface area contributed by atoms with Crippen LogP contribution in [0.15, 0.2) is 54.6 Å². The molecule has 2 aromatic rings. The second kappa shape index (κ2) is 11.4. The first-order valence-electron chi connectivity index (χ1n) is 10.6. The number of benzene rings is 2. The summed E-state index contributed by atoms with van der Waals surface area (Å²) in [5, 5.41) is 3.05. The summed E-state index contributed by atoms with van der Waals surface area (Å²) in [5.41, 5.74) is 3.35. The van der Waals surface area contributed by atoms with Gasteiger partial charge in [-0.15, -0.1) is 0 Å². The highest BCUT2D eigenvalue weighted by Crippen LogP contribution is 2.16. The lowest BCUT2D eigenvalue weighted by atomic mass is 10.1. The van der Waals surface area contributed by atoms with E-state index in [0.29, 0.717) is 25.8 Å². The molecule has 156 valence electrons. The molecular weight excluding hydrogens is 360 g/mol. The topological polar surface area (TPSA) is 49.4 Å². The zero-order valence-electron chi connectivity index (χ0n) is 18.2. The molecule has 2 rings (SSSR count). The number of hydrogen-bond acceptors (Lipinski definition) is 2. The van der Waals surface area contributed by atoms with Crippen molar-refractivity contribution in [1.82, 2.24) is 10.2 Å². The van der Waals surface area contributed by atoms with E-state index < -0.39 is 6.04 Å². The standard InChI is InChI=1S/C25H34N2O2/c1-5-20(4)26-25(29)23(6-2)27(18-22-14-12-19(3)13-15-22)24(28)17-16-21-10-8-7-9-11-21/h7-15,20,23H,5-6,16-18H2,1-4H3,(H,26,29)/t20-,23+/m0/s1. The average molecular weight is 395 g/mol. The maximum absolute atomic E-state index is 13.2. The smallest absolute Gasteiger partial charge is 0.243 e. The van der Waals surface area contributed by atoms with E-state index in [1.54, 1.807) is 4.90 Å². The second-order valence-corrected chi connectivity index (χ2v) is 7.73. The molecule has 0 unspecified atom stereocenters. The molecule has 0 bridgehead atoms. The average Bonchev–Trinajstić information content (AvgIpc) is 2.73. The van der Waals surface area contributed by atoms with Crippen molar-refractivity contribution in [2.75, 3.05) is 0 Å². The van der Waals surface area contributed by atoms with Gasteiger partial charge in [0.15, 0.2) is 0 Å². The first-order valence-corrected chi connectivity index (χ1v) is 10.6. The van der Waals surface area contributed by atoms with Gasteiger partial charge in [0.25, 0.3) is 0 Å². The van der Waals surface area contributed by atoms with Gasteiger partial charge in [0, 0.05) is 19.0 Å². The summed E-state index contributed by atoms with van der Waals surface area (Å²) in [7, 11) is 0.